The third kappa shape index (κ3) is 4.16. The van der Waals surface area contributed by atoms with Crippen molar-refractivity contribution in [2.45, 2.75) is 13.5 Å². The number of aromatic nitrogens is 3. The van der Waals surface area contributed by atoms with Crippen LogP contribution in [-0.4, -0.2) is 45.4 Å². The first kappa shape index (κ1) is 17.0. The second kappa shape index (κ2) is 7.35. The second-order valence-corrected chi connectivity index (χ2v) is 6.56. The molecule has 0 radical (unpaired) electrons. The molecule has 0 spiro atoms. The molecule has 2 heterocycles. The van der Waals surface area contributed by atoms with Gasteiger partial charge in [0.25, 0.3) is 5.91 Å². The van der Waals surface area contributed by atoms with Gasteiger partial charge in [0.1, 0.15) is 5.01 Å². The molecule has 1 amide bonds. The smallest absolute Gasteiger partial charge is 0.359 e. The lowest BCUT2D eigenvalue weighted by atomic mass is 10.3. The van der Waals surface area contributed by atoms with Crippen LogP contribution in [0.5, 0.6) is 0 Å². The summed E-state index contributed by atoms with van der Waals surface area (Å²) in [5, 5.41) is 0.827. The van der Waals surface area contributed by atoms with E-state index in [2.05, 4.69) is 15.0 Å². The number of thiazole rings is 1. The maximum Gasteiger partial charge on any atom is 0.359 e. The number of amides is 1. The van der Waals surface area contributed by atoms with Gasteiger partial charge in [-0.2, -0.15) is 0 Å². The highest BCUT2D eigenvalue weighted by Gasteiger charge is 2.16. The number of nitrogens with zero attached hydrogens (tertiary/aromatic N) is 4. The number of carbonyl (C=O) groups is 2. The van der Waals surface area contributed by atoms with Crippen molar-refractivity contribution in [1.29, 1.82) is 0 Å². The van der Waals surface area contributed by atoms with Crippen molar-refractivity contribution in [2.75, 3.05) is 13.7 Å². The zero-order valence-electron chi connectivity index (χ0n) is 13.8. The SMILES string of the molecule is Cc1cnc(C(=O)OCC(=O)N(C)Cc2nc3ccccc3s2)cn1. The van der Waals surface area contributed by atoms with Gasteiger partial charge in [-0.25, -0.2) is 14.8 Å². The summed E-state index contributed by atoms with van der Waals surface area (Å²) in [4.78, 5) is 37.9. The van der Waals surface area contributed by atoms with Gasteiger partial charge in [-0.3, -0.25) is 9.78 Å². The number of benzene rings is 1. The van der Waals surface area contributed by atoms with Crippen LogP contribution in [0.25, 0.3) is 10.2 Å². The minimum Gasteiger partial charge on any atom is -0.451 e. The van der Waals surface area contributed by atoms with Gasteiger partial charge in [0.2, 0.25) is 0 Å². The van der Waals surface area contributed by atoms with Crippen molar-refractivity contribution in [2.24, 2.45) is 0 Å². The van der Waals surface area contributed by atoms with E-state index in [4.69, 9.17) is 4.74 Å². The number of hydrogen-bond donors (Lipinski definition) is 0. The molecule has 0 atom stereocenters. The summed E-state index contributed by atoms with van der Waals surface area (Å²) in [7, 11) is 1.65. The summed E-state index contributed by atoms with van der Waals surface area (Å²) in [6.07, 6.45) is 2.80. The fourth-order valence-corrected chi connectivity index (χ4v) is 3.11. The Hall–Kier alpha value is -2.87. The summed E-state index contributed by atoms with van der Waals surface area (Å²) in [6.45, 7) is 1.78. The van der Waals surface area contributed by atoms with Gasteiger partial charge in [-0.05, 0) is 19.1 Å². The Morgan fingerprint density at radius 2 is 2.00 bits per heavy atom. The summed E-state index contributed by atoms with van der Waals surface area (Å²) < 4.78 is 6.07. The Morgan fingerprint density at radius 1 is 1.20 bits per heavy atom. The highest BCUT2D eigenvalue weighted by molar-refractivity contribution is 7.18. The van der Waals surface area contributed by atoms with E-state index in [1.807, 2.05) is 24.3 Å². The van der Waals surface area contributed by atoms with Gasteiger partial charge in [0.15, 0.2) is 12.3 Å². The maximum atomic E-state index is 12.1. The van der Waals surface area contributed by atoms with Crippen LogP contribution in [-0.2, 0) is 16.1 Å². The molecule has 8 heteroatoms. The molecule has 2 aromatic heterocycles. The number of likely N-dealkylation sites (N-methyl/N-ethyl adjacent to an activating group) is 1. The Labute approximate surface area is 148 Å². The van der Waals surface area contributed by atoms with Gasteiger partial charge in [-0.15, -0.1) is 11.3 Å². The Bertz CT molecular complexity index is 875. The van der Waals surface area contributed by atoms with E-state index in [0.717, 1.165) is 15.2 Å². The van der Waals surface area contributed by atoms with E-state index in [1.165, 1.54) is 28.6 Å². The molecule has 0 N–H and O–H groups in total. The lowest BCUT2D eigenvalue weighted by molar-refractivity contribution is -0.133. The molecule has 7 nitrogen and oxygen atoms in total. The highest BCUT2D eigenvalue weighted by atomic mass is 32.1. The van der Waals surface area contributed by atoms with Crippen LogP contribution in [0.2, 0.25) is 0 Å². The first-order valence-corrected chi connectivity index (χ1v) is 8.39. The molecule has 1 aromatic carbocycles. The summed E-state index contributed by atoms with van der Waals surface area (Å²) in [5.41, 5.74) is 1.68. The van der Waals surface area contributed by atoms with Crippen LogP contribution < -0.4 is 0 Å². The third-order valence-corrected chi connectivity index (χ3v) is 4.47. The zero-order valence-corrected chi connectivity index (χ0v) is 14.6. The molecule has 0 fully saturated rings. The van der Waals surface area contributed by atoms with Crippen LogP contribution in [0.3, 0.4) is 0 Å². The normalized spacial score (nSPS) is 10.6. The Morgan fingerprint density at radius 3 is 2.72 bits per heavy atom. The summed E-state index contributed by atoms with van der Waals surface area (Å²) >= 11 is 1.53. The van der Waals surface area contributed by atoms with Crippen molar-refractivity contribution in [3.63, 3.8) is 0 Å². The van der Waals surface area contributed by atoms with E-state index in [-0.39, 0.29) is 18.2 Å². The number of aryl methyl sites for hydroxylation is 1. The number of ether oxygens (including phenoxy) is 1. The van der Waals surface area contributed by atoms with Crippen LogP contribution in [0, 0.1) is 6.92 Å². The van der Waals surface area contributed by atoms with Gasteiger partial charge in [0, 0.05) is 13.2 Å². The molecule has 0 saturated carbocycles. The summed E-state index contributed by atoms with van der Waals surface area (Å²) in [6, 6.07) is 7.80. The minimum atomic E-state index is -0.672. The van der Waals surface area contributed by atoms with Crippen LogP contribution in [0.1, 0.15) is 21.2 Å². The molecule has 0 unspecified atom stereocenters. The van der Waals surface area contributed by atoms with Crippen molar-refractivity contribution in [3.8, 4) is 0 Å². The molecular weight excluding hydrogens is 340 g/mol. The number of esters is 1. The number of carbonyl (C=O) groups excluding carboxylic acids is 2. The average Bonchev–Trinajstić information content (AvgIpc) is 3.02. The number of para-hydroxylation sites is 1. The molecule has 0 aliphatic carbocycles. The first-order chi connectivity index (χ1) is 12.0. The fraction of sp³-hybridized carbons (Fsp3) is 0.235. The zero-order chi connectivity index (χ0) is 17.8. The van der Waals surface area contributed by atoms with Crippen LogP contribution in [0.4, 0.5) is 0 Å². The third-order valence-electron chi connectivity index (χ3n) is 3.45. The van der Waals surface area contributed by atoms with Gasteiger partial charge < -0.3 is 9.64 Å². The van der Waals surface area contributed by atoms with Gasteiger partial charge >= 0.3 is 5.97 Å². The van der Waals surface area contributed by atoms with Crippen LogP contribution >= 0.6 is 11.3 Å². The quantitative estimate of drug-likeness (QED) is 0.652. The first-order valence-electron chi connectivity index (χ1n) is 7.57. The topological polar surface area (TPSA) is 85.3 Å². The summed E-state index contributed by atoms with van der Waals surface area (Å²) in [5.74, 6) is -0.984. The Balaban J connectivity index is 1.55. The van der Waals surface area contributed by atoms with Crippen molar-refractivity contribution >= 4 is 33.4 Å². The highest BCUT2D eigenvalue weighted by Crippen LogP contribution is 2.22. The number of hydrogen-bond acceptors (Lipinski definition) is 7. The van der Waals surface area contributed by atoms with E-state index in [1.54, 1.807) is 14.0 Å². The van der Waals surface area contributed by atoms with E-state index in [0.29, 0.717) is 12.2 Å². The lowest BCUT2D eigenvalue weighted by Crippen LogP contribution is -2.30. The minimum absolute atomic E-state index is 0.0761. The van der Waals surface area contributed by atoms with E-state index < -0.39 is 5.97 Å². The molecule has 0 saturated heterocycles. The second-order valence-electron chi connectivity index (χ2n) is 5.44. The van der Waals surface area contributed by atoms with Crippen LogP contribution in [0.15, 0.2) is 36.7 Å². The number of fused-ring (bicyclic) bond motifs is 1. The molecule has 128 valence electrons. The monoisotopic (exact) mass is 356 g/mol. The predicted molar refractivity (Wildman–Crippen MR) is 93.1 cm³/mol. The van der Waals surface area contributed by atoms with Gasteiger partial charge in [-0.1, -0.05) is 12.1 Å². The largest absolute Gasteiger partial charge is 0.451 e. The van der Waals surface area contributed by atoms with E-state index in [9.17, 15) is 9.59 Å². The molecule has 25 heavy (non-hydrogen) atoms. The fourth-order valence-electron chi connectivity index (χ4n) is 2.09. The predicted octanol–water partition coefficient (Wildman–Crippen LogP) is 2.21. The lowest BCUT2D eigenvalue weighted by Gasteiger charge is -2.15. The standard InChI is InChI=1S/C17H16N4O3S/c1-11-7-19-13(8-18-11)17(23)24-10-16(22)21(2)9-15-20-12-5-3-4-6-14(12)25-15/h3-8H,9-10H2,1-2H3. The molecule has 0 aliphatic heterocycles. The van der Waals surface area contributed by atoms with Crippen molar-refractivity contribution < 1.29 is 14.3 Å². The van der Waals surface area contributed by atoms with Crippen molar-refractivity contribution in [3.05, 3.63) is 53.1 Å². The molecule has 0 aliphatic rings. The molecule has 3 aromatic rings. The molecular formula is C17H16N4O3S. The Kier molecular flexibility index (Phi) is 4.99. The van der Waals surface area contributed by atoms with E-state index >= 15 is 0 Å². The molecule has 3 rings (SSSR count). The average molecular weight is 356 g/mol. The maximum absolute atomic E-state index is 12.1. The number of rotatable bonds is 5. The van der Waals surface area contributed by atoms with Gasteiger partial charge in [0.05, 0.1) is 28.7 Å². The van der Waals surface area contributed by atoms with Crippen molar-refractivity contribution in [1.82, 2.24) is 19.9 Å². The molecule has 0 bridgehead atoms.